The van der Waals surface area contributed by atoms with Crippen LogP contribution in [0.25, 0.3) is 11.3 Å². The van der Waals surface area contributed by atoms with Crippen LogP contribution in [-0.4, -0.2) is 24.1 Å². The van der Waals surface area contributed by atoms with Crippen LogP contribution in [0.3, 0.4) is 0 Å². The first-order valence-corrected chi connectivity index (χ1v) is 5.39. The second kappa shape index (κ2) is 4.82. The molecule has 2 aromatic rings. The van der Waals surface area contributed by atoms with E-state index >= 15 is 0 Å². The normalized spacial score (nSPS) is 10.1. The molecule has 0 atom stereocenters. The van der Waals surface area contributed by atoms with E-state index in [0.29, 0.717) is 0 Å². The number of rotatable bonds is 3. The third-order valence-corrected chi connectivity index (χ3v) is 2.52. The van der Waals surface area contributed by atoms with Crippen molar-refractivity contribution in [1.29, 1.82) is 0 Å². The molecule has 0 amide bonds. The van der Waals surface area contributed by atoms with Crippen LogP contribution in [0.15, 0.2) is 30.6 Å². The van der Waals surface area contributed by atoms with Crippen LogP contribution in [0.1, 0.15) is 5.56 Å². The largest absolute Gasteiger partial charge is 0.496 e. The summed E-state index contributed by atoms with van der Waals surface area (Å²) in [5, 5.41) is 2.97. The van der Waals surface area contributed by atoms with Gasteiger partial charge in [0.15, 0.2) is 0 Å². The molecule has 88 valence electrons. The van der Waals surface area contributed by atoms with Gasteiger partial charge in [0.1, 0.15) is 11.6 Å². The van der Waals surface area contributed by atoms with E-state index < -0.39 is 0 Å². The number of methoxy groups -OCH3 is 1. The predicted octanol–water partition coefficient (Wildman–Crippen LogP) is 2.50. The summed E-state index contributed by atoms with van der Waals surface area (Å²) in [6.45, 7) is 2.04. The Bertz CT molecular complexity index is 526. The van der Waals surface area contributed by atoms with Crippen LogP contribution in [0.2, 0.25) is 0 Å². The lowest BCUT2D eigenvalue weighted by atomic mass is 10.1. The average Bonchev–Trinajstić information content (AvgIpc) is 2.39. The minimum atomic E-state index is 0.742. The zero-order chi connectivity index (χ0) is 12.3. The third kappa shape index (κ3) is 2.36. The Morgan fingerprint density at radius 3 is 2.76 bits per heavy atom. The lowest BCUT2D eigenvalue weighted by molar-refractivity contribution is 0.416. The summed E-state index contributed by atoms with van der Waals surface area (Å²) in [7, 11) is 3.48. The molecule has 4 heteroatoms. The molecule has 0 saturated heterocycles. The van der Waals surface area contributed by atoms with Crippen LogP contribution in [0.4, 0.5) is 5.82 Å². The van der Waals surface area contributed by atoms with Gasteiger partial charge in [-0.05, 0) is 19.1 Å². The Labute approximate surface area is 101 Å². The molecule has 1 aromatic heterocycles. The third-order valence-electron chi connectivity index (χ3n) is 2.52. The van der Waals surface area contributed by atoms with Gasteiger partial charge in [0, 0.05) is 12.6 Å². The molecule has 0 aliphatic heterocycles. The summed E-state index contributed by atoms with van der Waals surface area (Å²) in [5.74, 6) is 1.55. The first-order valence-electron chi connectivity index (χ1n) is 5.39. The second-order valence-corrected chi connectivity index (χ2v) is 3.74. The number of aromatic nitrogens is 2. The molecule has 1 heterocycles. The molecule has 0 spiro atoms. The van der Waals surface area contributed by atoms with Crippen LogP contribution in [0, 0.1) is 6.92 Å². The molecule has 0 aliphatic rings. The van der Waals surface area contributed by atoms with Gasteiger partial charge in [-0.15, -0.1) is 0 Å². The van der Waals surface area contributed by atoms with E-state index in [9.17, 15) is 0 Å². The summed E-state index contributed by atoms with van der Waals surface area (Å²) in [6.07, 6.45) is 3.42. The Morgan fingerprint density at radius 1 is 1.24 bits per heavy atom. The van der Waals surface area contributed by atoms with E-state index in [1.165, 1.54) is 0 Å². The number of hydrogen-bond acceptors (Lipinski definition) is 4. The summed E-state index contributed by atoms with van der Waals surface area (Å²) in [4.78, 5) is 8.61. The molecular formula is C13H15N3O. The van der Waals surface area contributed by atoms with Crippen molar-refractivity contribution >= 4 is 5.82 Å². The molecule has 0 aliphatic carbocycles. The highest BCUT2D eigenvalue weighted by Crippen LogP contribution is 2.29. The fourth-order valence-corrected chi connectivity index (χ4v) is 1.64. The summed E-state index contributed by atoms with van der Waals surface area (Å²) < 4.78 is 5.34. The van der Waals surface area contributed by atoms with E-state index in [0.717, 1.165) is 28.4 Å². The van der Waals surface area contributed by atoms with Crippen molar-refractivity contribution in [1.82, 2.24) is 9.97 Å². The molecule has 17 heavy (non-hydrogen) atoms. The van der Waals surface area contributed by atoms with Gasteiger partial charge >= 0.3 is 0 Å². The maximum atomic E-state index is 5.34. The smallest absolute Gasteiger partial charge is 0.144 e. The van der Waals surface area contributed by atoms with Gasteiger partial charge in [-0.25, -0.2) is 4.98 Å². The quantitative estimate of drug-likeness (QED) is 0.878. The van der Waals surface area contributed by atoms with E-state index in [4.69, 9.17) is 4.74 Å². The van der Waals surface area contributed by atoms with E-state index in [1.807, 2.05) is 32.2 Å². The van der Waals surface area contributed by atoms with Crippen molar-refractivity contribution < 1.29 is 4.74 Å². The van der Waals surface area contributed by atoms with Crippen molar-refractivity contribution in [2.24, 2.45) is 0 Å². The number of benzene rings is 1. The van der Waals surface area contributed by atoms with Crippen molar-refractivity contribution in [3.8, 4) is 17.0 Å². The molecule has 0 bridgehead atoms. The second-order valence-electron chi connectivity index (χ2n) is 3.74. The van der Waals surface area contributed by atoms with E-state index in [2.05, 4.69) is 15.3 Å². The van der Waals surface area contributed by atoms with Crippen molar-refractivity contribution in [2.45, 2.75) is 6.92 Å². The first-order chi connectivity index (χ1) is 8.24. The van der Waals surface area contributed by atoms with E-state index in [1.54, 1.807) is 19.5 Å². The molecule has 0 unspecified atom stereocenters. The van der Waals surface area contributed by atoms with Crippen LogP contribution >= 0.6 is 0 Å². The SMILES string of the molecule is CNc1cncc(-c2cc(C)ccc2OC)n1. The highest BCUT2D eigenvalue weighted by molar-refractivity contribution is 5.68. The van der Waals surface area contributed by atoms with Gasteiger partial charge in [0.25, 0.3) is 0 Å². The van der Waals surface area contributed by atoms with Crippen LogP contribution in [-0.2, 0) is 0 Å². The number of hydrogen-bond donors (Lipinski definition) is 1. The van der Waals surface area contributed by atoms with Crippen LogP contribution in [0.5, 0.6) is 5.75 Å². The highest BCUT2D eigenvalue weighted by Gasteiger charge is 2.08. The molecular weight excluding hydrogens is 214 g/mol. The first kappa shape index (κ1) is 11.4. The number of nitrogens with zero attached hydrogens (tertiary/aromatic N) is 2. The zero-order valence-electron chi connectivity index (χ0n) is 10.2. The lowest BCUT2D eigenvalue weighted by Gasteiger charge is -2.09. The summed E-state index contributed by atoms with van der Waals surface area (Å²) in [5.41, 5.74) is 2.92. The Balaban J connectivity index is 2.54. The topological polar surface area (TPSA) is 47.0 Å². The minimum absolute atomic E-state index is 0.742. The molecule has 2 rings (SSSR count). The van der Waals surface area contributed by atoms with Gasteiger partial charge in [0.05, 0.1) is 25.2 Å². The molecule has 1 aromatic carbocycles. The molecule has 0 radical (unpaired) electrons. The lowest BCUT2D eigenvalue weighted by Crippen LogP contribution is -1.96. The standard InChI is InChI=1S/C13H15N3O/c1-9-4-5-12(17-3)10(6-9)11-7-15-8-13(14-2)16-11/h4-8H,1-3H3,(H,14,16). The van der Waals surface area contributed by atoms with Gasteiger partial charge in [0.2, 0.25) is 0 Å². The molecule has 1 N–H and O–H groups in total. The zero-order valence-corrected chi connectivity index (χ0v) is 10.2. The van der Waals surface area contributed by atoms with Crippen molar-refractivity contribution in [3.05, 3.63) is 36.2 Å². The molecule has 4 nitrogen and oxygen atoms in total. The molecule has 0 saturated carbocycles. The number of aryl methyl sites for hydroxylation is 1. The number of ether oxygens (including phenoxy) is 1. The summed E-state index contributed by atoms with van der Waals surface area (Å²) in [6, 6.07) is 6.00. The fourth-order valence-electron chi connectivity index (χ4n) is 1.64. The van der Waals surface area contributed by atoms with E-state index in [-0.39, 0.29) is 0 Å². The number of anilines is 1. The van der Waals surface area contributed by atoms with Crippen molar-refractivity contribution in [3.63, 3.8) is 0 Å². The van der Waals surface area contributed by atoms with Crippen LogP contribution < -0.4 is 10.1 Å². The minimum Gasteiger partial charge on any atom is -0.496 e. The maximum Gasteiger partial charge on any atom is 0.144 e. The Morgan fingerprint density at radius 2 is 2.06 bits per heavy atom. The Kier molecular flexibility index (Phi) is 3.23. The fraction of sp³-hybridized carbons (Fsp3) is 0.231. The van der Waals surface area contributed by atoms with Crippen molar-refractivity contribution in [2.75, 3.05) is 19.5 Å². The van der Waals surface area contributed by atoms with Gasteiger partial charge < -0.3 is 10.1 Å². The maximum absolute atomic E-state index is 5.34. The monoisotopic (exact) mass is 229 g/mol. The van der Waals surface area contributed by atoms with Gasteiger partial charge in [-0.3, -0.25) is 4.98 Å². The highest BCUT2D eigenvalue weighted by atomic mass is 16.5. The average molecular weight is 229 g/mol. The van der Waals surface area contributed by atoms with Gasteiger partial charge in [-0.1, -0.05) is 11.6 Å². The number of nitrogens with one attached hydrogen (secondary N) is 1. The Hall–Kier alpha value is -2.10. The summed E-state index contributed by atoms with van der Waals surface area (Å²) >= 11 is 0. The molecule has 0 fully saturated rings. The van der Waals surface area contributed by atoms with Gasteiger partial charge in [-0.2, -0.15) is 0 Å². The predicted molar refractivity (Wildman–Crippen MR) is 68.3 cm³/mol.